The third-order valence-electron chi connectivity index (χ3n) is 6.05. The molecule has 0 aliphatic heterocycles. The zero-order valence-corrected chi connectivity index (χ0v) is 14.6. The average Bonchev–Trinajstić information content (AvgIpc) is 2.58. The summed E-state index contributed by atoms with van der Waals surface area (Å²) >= 11 is 0. The molecule has 0 radical (unpaired) electrons. The van der Waals surface area contributed by atoms with Crippen LogP contribution in [0.2, 0.25) is 0 Å². The summed E-state index contributed by atoms with van der Waals surface area (Å²) in [6.45, 7) is 2.30. The fourth-order valence-corrected chi connectivity index (χ4v) is 4.53. The summed E-state index contributed by atoms with van der Waals surface area (Å²) in [4.78, 5) is 11.2. The highest BCUT2D eigenvalue weighted by molar-refractivity contribution is 5.81. The van der Waals surface area contributed by atoms with Crippen LogP contribution in [0.25, 0.3) is 0 Å². The zero-order chi connectivity index (χ0) is 15.8. The van der Waals surface area contributed by atoms with E-state index in [0.29, 0.717) is 5.92 Å². The second-order valence-electron chi connectivity index (χ2n) is 7.48. The first-order chi connectivity index (χ1) is 10.7. The molecule has 0 spiro atoms. The fraction of sp³-hybridized carbons (Fsp3) is 0.850. The molecule has 0 bridgehead atoms. The number of hydrogen-bond acceptors (Lipinski definition) is 2. The van der Waals surface area contributed by atoms with Gasteiger partial charge in [-0.2, -0.15) is 0 Å². The molecule has 0 aromatic heterocycles. The first kappa shape index (κ1) is 17.6. The summed E-state index contributed by atoms with van der Waals surface area (Å²) in [6, 6.07) is 0. The Labute approximate surface area is 136 Å². The predicted molar refractivity (Wildman–Crippen MR) is 91.6 cm³/mol. The van der Waals surface area contributed by atoms with Crippen molar-refractivity contribution in [1.29, 1.82) is 0 Å². The molecular weight excluding hydrogens is 272 g/mol. The predicted octanol–water partition coefficient (Wildman–Crippen LogP) is 5.52. The van der Waals surface area contributed by atoms with Crippen LogP contribution in [0.15, 0.2) is 12.2 Å². The Morgan fingerprint density at radius 3 is 2.14 bits per heavy atom. The van der Waals surface area contributed by atoms with E-state index in [2.05, 4.69) is 17.7 Å². The Balaban J connectivity index is 1.67. The number of methoxy groups -OCH3 is 1. The van der Waals surface area contributed by atoms with Gasteiger partial charge in [-0.25, -0.2) is 4.79 Å². The SMILES string of the molecule is CCCC[C@H]1CC[C@H](C2CCC(/C=C/C(=O)OC)CC2)CC1. The Kier molecular flexibility index (Phi) is 7.48. The maximum atomic E-state index is 11.2. The number of carbonyl (C=O) groups excluding carboxylic acids is 1. The lowest BCUT2D eigenvalue weighted by Gasteiger charge is -2.37. The van der Waals surface area contributed by atoms with Crippen molar-refractivity contribution < 1.29 is 9.53 Å². The van der Waals surface area contributed by atoms with Crippen LogP contribution in [0, 0.1) is 23.7 Å². The van der Waals surface area contributed by atoms with E-state index in [9.17, 15) is 4.79 Å². The lowest BCUT2D eigenvalue weighted by Crippen LogP contribution is -2.25. The van der Waals surface area contributed by atoms with Crippen LogP contribution in [0.1, 0.15) is 77.6 Å². The standard InChI is InChI=1S/C20H34O2/c1-3-4-5-16-6-11-18(12-7-16)19-13-8-17(9-14-19)10-15-20(21)22-2/h10,15-19H,3-9,11-14H2,1-2H3/b15-10+/t16-,17?,18-,19?. The van der Waals surface area contributed by atoms with Crippen molar-refractivity contribution >= 4 is 5.97 Å². The molecule has 2 aliphatic carbocycles. The normalized spacial score (nSPS) is 33.0. The largest absolute Gasteiger partial charge is 0.466 e. The molecule has 2 aliphatic rings. The smallest absolute Gasteiger partial charge is 0.330 e. The summed E-state index contributed by atoms with van der Waals surface area (Å²) < 4.78 is 4.67. The van der Waals surface area contributed by atoms with Crippen LogP contribution >= 0.6 is 0 Å². The Morgan fingerprint density at radius 1 is 1.00 bits per heavy atom. The molecule has 2 rings (SSSR count). The molecule has 0 aromatic rings. The lowest BCUT2D eigenvalue weighted by atomic mass is 9.68. The van der Waals surface area contributed by atoms with Crippen molar-refractivity contribution in [3.05, 3.63) is 12.2 Å². The number of ether oxygens (including phenoxy) is 1. The Morgan fingerprint density at radius 2 is 1.59 bits per heavy atom. The summed E-state index contributed by atoms with van der Waals surface area (Å²) in [7, 11) is 1.44. The van der Waals surface area contributed by atoms with E-state index in [1.807, 2.05) is 0 Å². The van der Waals surface area contributed by atoms with E-state index in [4.69, 9.17) is 0 Å². The van der Waals surface area contributed by atoms with Crippen LogP contribution in [0.3, 0.4) is 0 Å². The van der Waals surface area contributed by atoms with Crippen LogP contribution < -0.4 is 0 Å². The number of esters is 1. The Bertz CT molecular complexity index is 345. The Hall–Kier alpha value is -0.790. The molecule has 0 atom stereocenters. The van der Waals surface area contributed by atoms with Gasteiger partial charge >= 0.3 is 5.97 Å². The summed E-state index contributed by atoms with van der Waals surface area (Å²) in [5, 5.41) is 0. The van der Waals surface area contributed by atoms with Gasteiger partial charge in [0.2, 0.25) is 0 Å². The molecule has 2 saturated carbocycles. The molecule has 126 valence electrons. The maximum Gasteiger partial charge on any atom is 0.330 e. The van der Waals surface area contributed by atoms with E-state index in [1.54, 1.807) is 6.08 Å². The second-order valence-corrected chi connectivity index (χ2v) is 7.48. The molecule has 2 heteroatoms. The minimum absolute atomic E-state index is 0.215. The molecule has 2 fully saturated rings. The third-order valence-corrected chi connectivity index (χ3v) is 6.05. The van der Waals surface area contributed by atoms with Gasteiger partial charge in [0.25, 0.3) is 0 Å². The number of rotatable bonds is 6. The second kappa shape index (κ2) is 9.37. The lowest BCUT2D eigenvalue weighted by molar-refractivity contribution is -0.134. The summed E-state index contributed by atoms with van der Waals surface area (Å²) in [5.74, 6) is 3.35. The molecule has 0 N–H and O–H groups in total. The number of hydrogen-bond donors (Lipinski definition) is 0. The minimum atomic E-state index is -0.215. The highest BCUT2D eigenvalue weighted by Crippen LogP contribution is 2.42. The van der Waals surface area contributed by atoms with Gasteiger partial charge in [0.05, 0.1) is 7.11 Å². The molecule has 2 nitrogen and oxygen atoms in total. The van der Waals surface area contributed by atoms with Gasteiger partial charge in [-0.15, -0.1) is 0 Å². The first-order valence-electron chi connectivity index (χ1n) is 9.49. The van der Waals surface area contributed by atoms with Gasteiger partial charge < -0.3 is 4.74 Å². The van der Waals surface area contributed by atoms with E-state index in [-0.39, 0.29) is 5.97 Å². The van der Waals surface area contributed by atoms with E-state index in [0.717, 1.165) is 17.8 Å². The number of allylic oxidation sites excluding steroid dienone is 1. The van der Waals surface area contributed by atoms with Crippen molar-refractivity contribution in [2.45, 2.75) is 77.6 Å². The molecule has 0 saturated heterocycles. The quantitative estimate of drug-likeness (QED) is 0.477. The zero-order valence-electron chi connectivity index (χ0n) is 14.6. The molecule has 0 unspecified atom stereocenters. The van der Waals surface area contributed by atoms with Gasteiger partial charge in [0.1, 0.15) is 0 Å². The highest BCUT2D eigenvalue weighted by Gasteiger charge is 2.30. The minimum Gasteiger partial charge on any atom is -0.466 e. The topological polar surface area (TPSA) is 26.3 Å². The van der Waals surface area contributed by atoms with Gasteiger partial charge in [0, 0.05) is 6.08 Å². The van der Waals surface area contributed by atoms with Gasteiger partial charge in [-0.3, -0.25) is 0 Å². The highest BCUT2D eigenvalue weighted by atomic mass is 16.5. The summed E-state index contributed by atoms with van der Waals surface area (Å²) in [5.41, 5.74) is 0. The van der Waals surface area contributed by atoms with Crippen LogP contribution in [0.5, 0.6) is 0 Å². The first-order valence-corrected chi connectivity index (χ1v) is 9.49. The molecule has 0 aromatic carbocycles. The van der Waals surface area contributed by atoms with Crippen LogP contribution in [0.4, 0.5) is 0 Å². The molecular formula is C20H34O2. The molecule has 0 heterocycles. The van der Waals surface area contributed by atoms with Gasteiger partial charge in [-0.1, -0.05) is 45.1 Å². The molecule has 0 amide bonds. The monoisotopic (exact) mass is 306 g/mol. The van der Waals surface area contributed by atoms with Crippen LogP contribution in [-0.4, -0.2) is 13.1 Å². The van der Waals surface area contributed by atoms with E-state index < -0.39 is 0 Å². The van der Waals surface area contributed by atoms with Gasteiger partial charge in [-0.05, 0) is 62.2 Å². The number of unbranched alkanes of at least 4 members (excludes halogenated alkanes) is 1. The van der Waals surface area contributed by atoms with E-state index >= 15 is 0 Å². The third kappa shape index (κ3) is 5.44. The van der Waals surface area contributed by atoms with Gasteiger partial charge in [0.15, 0.2) is 0 Å². The fourth-order valence-electron chi connectivity index (χ4n) is 4.53. The average molecular weight is 306 g/mol. The molecule has 22 heavy (non-hydrogen) atoms. The van der Waals surface area contributed by atoms with Crippen molar-refractivity contribution in [3.8, 4) is 0 Å². The summed E-state index contributed by atoms with van der Waals surface area (Å²) in [6.07, 6.45) is 19.1. The van der Waals surface area contributed by atoms with Crippen molar-refractivity contribution in [3.63, 3.8) is 0 Å². The van der Waals surface area contributed by atoms with Crippen LogP contribution in [-0.2, 0) is 9.53 Å². The van der Waals surface area contributed by atoms with E-state index in [1.165, 1.54) is 77.7 Å². The van der Waals surface area contributed by atoms with Crippen molar-refractivity contribution in [2.75, 3.05) is 7.11 Å². The maximum absolute atomic E-state index is 11.2. The van der Waals surface area contributed by atoms with Crippen molar-refractivity contribution in [1.82, 2.24) is 0 Å². The number of carbonyl (C=O) groups is 1. The van der Waals surface area contributed by atoms with Crippen molar-refractivity contribution in [2.24, 2.45) is 23.7 Å².